The van der Waals surface area contributed by atoms with E-state index < -0.39 is 23.2 Å². The zero-order valence-corrected chi connectivity index (χ0v) is 28.0. The van der Waals surface area contributed by atoms with E-state index in [4.69, 9.17) is 14.5 Å². The van der Waals surface area contributed by atoms with Gasteiger partial charge in [-0.3, -0.25) is 9.59 Å². The number of hydrogen-bond acceptors (Lipinski definition) is 10. The Balaban J connectivity index is 1.80. The summed E-state index contributed by atoms with van der Waals surface area (Å²) >= 11 is 1.31. The molecule has 13 nitrogen and oxygen atoms in total. The van der Waals surface area contributed by atoms with Gasteiger partial charge in [0.15, 0.2) is 0 Å². The van der Waals surface area contributed by atoms with Gasteiger partial charge in [0.2, 0.25) is 10.7 Å². The number of carbonyl (C=O) groups is 4. The number of ether oxygens (including phenoxy) is 2. The van der Waals surface area contributed by atoms with Crippen molar-refractivity contribution in [2.24, 2.45) is 12.0 Å². The van der Waals surface area contributed by atoms with Crippen LogP contribution in [0.25, 0.3) is 16.1 Å². The minimum Gasteiger partial charge on any atom is -0.444 e. The lowest BCUT2D eigenvalue weighted by molar-refractivity contribution is -0.115. The van der Waals surface area contributed by atoms with Crippen LogP contribution in [0, 0.1) is 0 Å². The first-order chi connectivity index (χ1) is 20.9. The molecule has 0 unspecified atom stereocenters. The number of aldehydes is 1. The Labute approximate surface area is 267 Å². The lowest BCUT2D eigenvalue weighted by Crippen LogP contribution is -2.49. The number of anilines is 1. The molecule has 14 heteroatoms. The summed E-state index contributed by atoms with van der Waals surface area (Å²) in [7, 11) is 1.76. The number of nitrogens with one attached hydrogen (secondary N) is 2. The summed E-state index contributed by atoms with van der Waals surface area (Å²) in [5.74, 6) is 0.0298. The number of alkyl carbamates (subject to hydrolysis) is 1. The lowest BCUT2D eigenvalue weighted by Gasteiger charge is -2.36. The van der Waals surface area contributed by atoms with Gasteiger partial charge in [0.05, 0.1) is 0 Å². The van der Waals surface area contributed by atoms with Crippen molar-refractivity contribution in [3.8, 4) is 10.6 Å². The van der Waals surface area contributed by atoms with Gasteiger partial charge in [-0.1, -0.05) is 23.5 Å². The Morgan fingerprint density at radius 2 is 1.64 bits per heavy atom. The number of nitrogens with zero attached hydrogens (tertiary/aromatic N) is 5. The van der Waals surface area contributed by atoms with Gasteiger partial charge in [-0.15, -0.1) is 0 Å². The van der Waals surface area contributed by atoms with E-state index in [1.807, 2.05) is 38.7 Å². The molecule has 1 aromatic heterocycles. The first-order valence-electron chi connectivity index (χ1n) is 14.5. The highest BCUT2D eigenvalue weighted by Crippen LogP contribution is 2.28. The van der Waals surface area contributed by atoms with Crippen molar-refractivity contribution in [1.82, 2.24) is 24.9 Å². The normalized spacial score (nSPS) is 14.6. The topological polar surface area (TPSA) is 147 Å². The molecule has 3 rings (SSSR count). The maximum atomic E-state index is 12.6. The molecule has 2 aromatic rings. The highest BCUT2D eigenvalue weighted by Gasteiger charge is 2.27. The van der Waals surface area contributed by atoms with Crippen molar-refractivity contribution in [1.29, 1.82) is 0 Å². The number of hydrogen-bond donors (Lipinski definition) is 2. The summed E-state index contributed by atoms with van der Waals surface area (Å²) in [5, 5.41) is 10.5. The van der Waals surface area contributed by atoms with Gasteiger partial charge in [0.25, 0.3) is 0 Å². The molecule has 3 amide bonds. The standard InChI is InChI=1S/C31H43N7O6S/c1-20(2)21-16-22(18-23(17-21)33-25(40)19-32-28(41)43-30(3,4)5)26-35-36(9)27(45-26)34-24(10-15-39)37-11-13-38(14-12-37)29(42)44-31(6,7)8/h10,15-18H,1,11-14,19H2,2-9H3,(H,32,41)(H,33,40)/b24-10+,34-27+. The summed E-state index contributed by atoms with van der Waals surface area (Å²) in [5.41, 5.74) is 1.54. The van der Waals surface area contributed by atoms with E-state index in [-0.39, 0.29) is 12.6 Å². The molecule has 2 heterocycles. The smallest absolute Gasteiger partial charge is 0.410 e. The number of piperazine rings is 1. The highest BCUT2D eigenvalue weighted by molar-refractivity contribution is 7.12. The van der Waals surface area contributed by atoms with Crippen molar-refractivity contribution < 1.29 is 28.7 Å². The molecular weight excluding hydrogens is 598 g/mol. The molecule has 1 fully saturated rings. The maximum Gasteiger partial charge on any atom is 0.410 e. The molecule has 0 radical (unpaired) electrons. The van der Waals surface area contributed by atoms with Crippen LogP contribution >= 0.6 is 11.3 Å². The van der Waals surface area contributed by atoms with E-state index in [9.17, 15) is 19.2 Å². The number of aromatic nitrogens is 2. The van der Waals surface area contributed by atoms with Gasteiger partial charge in [-0.25, -0.2) is 19.3 Å². The number of aryl methyl sites for hydroxylation is 1. The predicted octanol–water partition coefficient (Wildman–Crippen LogP) is 4.14. The monoisotopic (exact) mass is 641 g/mol. The van der Waals surface area contributed by atoms with Crippen LogP contribution in [0.2, 0.25) is 0 Å². The maximum absolute atomic E-state index is 12.6. The third-order valence-corrected chi connectivity index (χ3v) is 7.19. The summed E-state index contributed by atoms with van der Waals surface area (Å²) < 4.78 is 12.3. The van der Waals surface area contributed by atoms with Crippen molar-refractivity contribution in [3.05, 3.63) is 47.0 Å². The second-order valence-electron chi connectivity index (χ2n) is 12.5. The molecule has 1 aliphatic rings. The molecule has 0 bridgehead atoms. The van der Waals surface area contributed by atoms with Crippen LogP contribution in [-0.2, 0) is 26.1 Å². The second kappa shape index (κ2) is 14.5. The van der Waals surface area contributed by atoms with E-state index >= 15 is 0 Å². The van der Waals surface area contributed by atoms with Crippen LogP contribution in [0.1, 0.15) is 54.0 Å². The van der Waals surface area contributed by atoms with Crippen LogP contribution in [0.3, 0.4) is 0 Å². The third-order valence-electron chi connectivity index (χ3n) is 6.14. The van der Waals surface area contributed by atoms with E-state index in [2.05, 4.69) is 22.3 Å². The highest BCUT2D eigenvalue weighted by atomic mass is 32.1. The molecule has 0 atom stereocenters. The molecule has 0 saturated carbocycles. The van der Waals surface area contributed by atoms with Crippen LogP contribution in [0.15, 0.2) is 41.7 Å². The Hall–Kier alpha value is -4.46. The van der Waals surface area contributed by atoms with Gasteiger partial charge in [0.1, 0.15) is 34.9 Å². The van der Waals surface area contributed by atoms with E-state index in [1.165, 1.54) is 17.4 Å². The van der Waals surface area contributed by atoms with Gasteiger partial charge in [0, 0.05) is 50.6 Å². The molecule has 1 aromatic carbocycles. The fourth-order valence-electron chi connectivity index (χ4n) is 4.12. The Bertz CT molecular complexity index is 1540. The number of allylic oxidation sites excluding steroid dienone is 2. The summed E-state index contributed by atoms with van der Waals surface area (Å²) in [6.45, 7) is 18.1. The molecule has 244 valence electrons. The first kappa shape index (κ1) is 35.0. The summed E-state index contributed by atoms with van der Waals surface area (Å²) in [4.78, 5) is 57.4. The molecular formula is C31H43N7O6S. The average molecular weight is 642 g/mol. The SMILES string of the molecule is C=C(C)c1cc(NC(=O)CNC(=O)OC(C)(C)C)cc(-c2nn(C)/c(=N\C(=C/C=O)N3CCN(C(=O)OC(C)(C)C)CC3)s2)c1. The zero-order chi connectivity index (χ0) is 33.5. The van der Waals surface area contributed by atoms with Crippen LogP contribution in [-0.4, -0.2) is 87.9 Å². The molecule has 1 aliphatic heterocycles. The van der Waals surface area contributed by atoms with Gasteiger partial charge in [-0.05, 0) is 72.2 Å². The average Bonchev–Trinajstić information content (AvgIpc) is 3.29. The summed E-state index contributed by atoms with van der Waals surface area (Å²) in [6, 6.07) is 5.48. The van der Waals surface area contributed by atoms with Crippen molar-refractivity contribution in [2.45, 2.75) is 59.7 Å². The number of carbonyl (C=O) groups excluding carboxylic acids is 4. The largest absolute Gasteiger partial charge is 0.444 e. The Morgan fingerprint density at radius 1 is 1.02 bits per heavy atom. The minimum absolute atomic E-state index is 0.269. The lowest BCUT2D eigenvalue weighted by atomic mass is 10.0. The molecule has 2 N–H and O–H groups in total. The Kier molecular flexibility index (Phi) is 11.3. The minimum atomic E-state index is -0.687. The van der Waals surface area contributed by atoms with E-state index in [0.717, 1.165) is 16.7 Å². The van der Waals surface area contributed by atoms with E-state index in [0.29, 0.717) is 53.8 Å². The zero-order valence-electron chi connectivity index (χ0n) is 27.2. The predicted molar refractivity (Wildman–Crippen MR) is 173 cm³/mol. The van der Waals surface area contributed by atoms with Gasteiger partial charge < -0.3 is 29.9 Å². The van der Waals surface area contributed by atoms with Crippen LogP contribution in [0.4, 0.5) is 15.3 Å². The summed E-state index contributed by atoms with van der Waals surface area (Å²) in [6.07, 6.45) is 1.02. The van der Waals surface area contributed by atoms with E-state index in [1.54, 1.807) is 49.5 Å². The van der Waals surface area contributed by atoms with Crippen molar-refractivity contribution >= 4 is 47.0 Å². The van der Waals surface area contributed by atoms with Crippen molar-refractivity contribution in [3.63, 3.8) is 0 Å². The first-order valence-corrected chi connectivity index (χ1v) is 15.3. The van der Waals surface area contributed by atoms with Crippen LogP contribution in [0.5, 0.6) is 0 Å². The third kappa shape index (κ3) is 10.9. The number of rotatable bonds is 8. The molecule has 45 heavy (non-hydrogen) atoms. The Morgan fingerprint density at radius 3 is 2.22 bits per heavy atom. The quantitative estimate of drug-likeness (QED) is 0.323. The molecule has 0 aliphatic carbocycles. The molecule has 1 saturated heterocycles. The van der Waals surface area contributed by atoms with Crippen molar-refractivity contribution in [2.75, 3.05) is 38.0 Å². The second-order valence-corrected chi connectivity index (χ2v) is 13.5. The molecule has 0 spiro atoms. The number of benzene rings is 1. The van der Waals surface area contributed by atoms with Gasteiger partial charge in [-0.2, -0.15) is 5.10 Å². The van der Waals surface area contributed by atoms with Crippen LogP contribution < -0.4 is 15.4 Å². The number of amides is 3. The van der Waals surface area contributed by atoms with Gasteiger partial charge >= 0.3 is 12.2 Å². The fourth-order valence-corrected chi connectivity index (χ4v) is 5.01. The fraction of sp³-hybridized carbons (Fsp3) is 0.484.